The normalized spacial score (nSPS) is 12.5. The van der Waals surface area contributed by atoms with Crippen LogP contribution >= 0.6 is 0 Å². The molecule has 15 heavy (non-hydrogen) atoms. The number of aliphatic hydroxyl groups is 2. The molecule has 1 unspecified atom stereocenters. The van der Waals surface area contributed by atoms with Gasteiger partial charge < -0.3 is 20.7 Å². The van der Waals surface area contributed by atoms with Crippen molar-refractivity contribution >= 4 is 5.69 Å². The fourth-order valence-electron chi connectivity index (χ4n) is 1.29. The Hall–Kier alpha value is -1.26. The van der Waals surface area contributed by atoms with Crippen LogP contribution in [0, 0.1) is 0 Å². The average molecular weight is 211 g/mol. The molecule has 0 bridgehead atoms. The molecule has 4 N–H and O–H groups in total. The van der Waals surface area contributed by atoms with Gasteiger partial charge in [-0.15, -0.1) is 0 Å². The predicted octanol–water partition coefficient (Wildman–Crippen LogP) is 0.911. The Bertz CT molecular complexity index is 315. The van der Waals surface area contributed by atoms with Gasteiger partial charge in [0.2, 0.25) is 0 Å². The number of rotatable bonds is 5. The standard InChI is InChI=1S/C11H17NO3/c1-2-8-7-9(3-4-10(8)12)15-11(14)5-6-13/h3-4,7,11,13-14H,2,5-6,12H2,1H3. The highest BCUT2D eigenvalue weighted by molar-refractivity contribution is 5.50. The van der Waals surface area contributed by atoms with E-state index in [0.717, 1.165) is 17.7 Å². The molecule has 0 aliphatic rings. The van der Waals surface area contributed by atoms with Crippen LogP contribution in [0.25, 0.3) is 0 Å². The maximum atomic E-state index is 9.32. The highest BCUT2D eigenvalue weighted by Gasteiger charge is 2.06. The van der Waals surface area contributed by atoms with E-state index in [1.165, 1.54) is 0 Å². The van der Waals surface area contributed by atoms with Crippen molar-refractivity contribution in [1.82, 2.24) is 0 Å². The van der Waals surface area contributed by atoms with Crippen molar-refractivity contribution in [1.29, 1.82) is 0 Å². The molecule has 1 atom stereocenters. The third-order valence-corrected chi connectivity index (χ3v) is 2.14. The highest BCUT2D eigenvalue weighted by atomic mass is 16.6. The molecule has 0 heterocycles. The van der Waals surface area contributed by atoms with Gasteiger partial charge in [-0.3, -0.25) is 0 Å². The van der Waals surface area contributed by atoms with Crippen LogP contribution in [0.15, 0.2) is 18.2 Å². The molecule has 1 aromatic rings. The van der Waals surface area contributed by atoms with Gasteiger partial charge >= 0.3 is 0 Å². The van der Waals surface area contributed by atoms with E-state index in [2.05, 4.69) is 0 Å². The first-order chi connectivity index (χ1) is 7.17. The van der Waals surface area contributed by atoms with Crippen LogP contribution in [-0.4, -0.2) is 23.1 Å². The second-order valence-corrected chi connectivity index (χ2v) is 3.30. The van der Waals surface area contributed by atoms with Crippen molar-refractivity contribution in [2.45, 2.75) is 26.1 Å². The van der Waals surface area contributed by atoms with Crippen molar-refractivity contribution in [3.05, 3.63) is 23.8 Å². The Morgan fingerprint density at radius 3 is 2.80 bits per heavy atom. The van der Waals surface area contributed by atoms with E-state index in [-0.39, 0.29) is 13.0 Å². The van der Waals surface area contributed by atoms with E-state index in [9.17, 15) is 5.11 Å². The molecule has 0 saturated heterocycles. The summed E-state index contributed by atoms with van der Waals surface area (Å²) in [6.07, 6.45) is 0.0497. The molecular formula is C11H17NO3. The van der Waals surface area contributed by atoms with Crippen LogP contribution < -0.4 is 10.5 Å². The molecule has 0 aliphatic carbocycles. The van der Waals surface area contributed by atoms with Crippen LogP contribution in [0.3, 0.4) is 0 Å². The van der Waals surface area contributed by atoms with Gasteiger partial charge in [0.15, 0.2) is 6.29 Å². The lowest BCUT2D eigenvalue weighted by Gasteiger charge is -2.13. The van der Waals surface area contributed by atoms with Crippen molar-refractivity contribution < 1.29 is 14.9 Å². The summed E-state index contributed by atoms with van der Waals surface area (Å²) in [5.74, 6) is 0.571. The Labute approximate surface area is 89.3 Å². The number of nitrogens with two attached hydrogens (primary N) is 1. The molecule has 0 radical (unpaired) electrons. The minimum atomic E-state index is -0.969. The predicted molar refractivity (Wildman–Crippen MR) is 58.6 cm³/mol. The fraction of sp³-hybridized carbons (Fsp3) is 0.455. The van der Waals surface area contributed by atoms with Gasteiger partial charge in [-0.2, -0.15) is 0 Å². The van der Waals surface area contributed by atoms with Gasteiger partial charge in [0.05, 0.1) is 0 Å². The third-order valence-electron chi connectivity index (χ3n) is 2.14. The second kappa shape index (κ2) is 5.58. The van der Waals surface area contributed by atoms with E-state index >= 15 is 0 Å². The van der Waals surface area contributed by atoms with Crippen molar-refractivity contribution in [2.24, 2.45) is 0 Å². The van der Waals surface area contributed by atoms with Gasteiger partial charge in [-0.1, -0.05) is 6.92 Å². The summed E-state index contributed by atoms with van der Waals surface area (Å²) in [5.41, 5.74) is 7.44. The first-order valence-corrected chi connectivity index (χ1v) is 5.01. The monoisotopic (exact) mass is 211 g/mol. The largest absolute Gasteiger partial charge is 0.465 e. The molecule has 0 fully saturated rings. The summed E-state index contributed by atoms with van der Waals surface area (Å²) in [7, 11) is 0. The number of hydrogen-bond acceptors (Lipinski definition) is 4. The number of hydrogen-bond donors (Lipinski definition) is 3. The Morgan fingerprint density at radius 2 is 2.20 bits per heavy atom. The lowest BCUT2D eigenvalue weighted by Crippen LogP contribution is -2.17. The summed E-state index contributed by atoms with van der Waals surface area (Å²) in [4.78, 5) is 0. The topological polar surface area (TPSA) is 75.7 Å². The van der Waals surface area contributed by atoms with Gasteiger partial charge in [0.1, 0.15) is 5.75 Å². The van der Waals surface area contributed by atoms with Crippen molar-refractivity contribution in [2.75, 3.05) is 12.3 Å². The van der Waals surface area contributed by atoms with Crippen LogP contribution in [0.1, 0.15) is 18.9 Å². The quantitative estimate of drug-likeness (QED) is 0.500. The number of anilines is 1. The zero-order chi connectivity index (χ0) is 11.3. The molecule has 1 rings (SSSR count). The number of benzene rings is 1. The molecule has 0 spiro atoms. The average Bonchev–Trinajstić information content (AvgIpc) is 2.21. The smallest absolute Gasteiger partial charge is 0.199 e. The summed E-state index contributed by atoms with van der Waals surface area (Å²) >= 11 is 0. The summed E-state index contributed by atoms with van der Waals surface area (Å²) in [6.45, 7) is 1.90. The van der Waals surface area contributed by atoms with E-state index in [1.807, 2.05) is 6.92 Å². The minimum Gasteiger partial charge on any atom is -0.465 e. The van der Waals surface area contributed by atoms with Crippen LogP contribution in [0.2, 0.25) is 0 Å². The Morgan fingerprint density at radius 1 is 1.47 bits per heavy atom. The molecule has 0 aliphatic heterocycles. The first kappa shape index (κ1) is 11.8. The molecule has 0 amide bonds. The van der Waals surface area contributed by atoms with Gasteiger partial charge in [0, 0.05) is 18.7 Å². The summed E-state index contributed by atoms with van der Waals surface area (Å²) < 4.78 is 5.19. The molecule has 4 nitrogen and oxygen atoms in total. The lowest BCUT2D eigenvalue weighted by atomic mass is 10.1. The zero-order valence-electron chi connectivity index (χ0n) is 8.81. The van der Waals surface area contributed by atoms with E-state index in [1.54, 1.807) is 18.2 Å². The molecule has 84 valence electrons. The molecular weight excluding hydrogens is 194 g/mol. The SMILES string of the molecule is CCc1cc(OC(O)CCO)ccc1N. The van der Waals surface area contributed by atoms with E-state index < -0.39 is 6.29 Å². The lowest BCUT2D eigenvalue weighted by molar-refractivity contribution is -0.0327. The van der Waals surface area contributed by atoms with Crippen LogP contribution in [0.5, 0.6) is 5.75 Å². The van der Waals surface area contributed by atoms with Gasteiger partial charge in [0.25, 0.3) is 0 Å². The minimum absolute atomic E-state index is 0.100. The van der Waals surface area contributed by atoms with Crippen LogP contribution in [-0.2, 0) is 6.42 Å². The maximum absolute atomic E-state index is 9.32. The van der Waals surface area contributed by atoms with E-state index in [4.69, 9.17) is 15.6 Å². The molecule has 0 aromatic heterocycles. The van der Waals surface area contributed by atoms with Gasteiger partial charge in [-0.05, 0) is 30.2 Å². The fourth-order valence-corrected chi connectivity index (χ4v) is 1.29. The Kier molecular flexibility index (Phi) is 4.39. The highest BCUT2D eigenvalue weighted by Crippen LogP contribution is 2.21. The molecule has 1 aromatic carbocycles. The number of aliphatic hydroxyl groups excluding tert-OH is 2. The van der Waals surface area contributed by atoms with E-state index in [0.29, 0.717) is 5.75 Å². The second-order valence-electron chi connectivity index (χ2n) is 3.30. The Balaban J connectivity index is 2.69. The number of nitrogen functional groups attached to an aromatic ring is 1. The number of ether oxygens (including phenoxy) is 1. The molecule has 0 saturated carbocycles. The number of aryl methyl sites for hydroxylation is 1. The summed E-state index contributed by atoms with van der Waals surface area (Å²) in [6, 6.07) is 5.25. The van der Waals surface area contributed by atoms with Crippen LogP contribution in [0.4, 0.5) is 5.69 Å². The maximum Gasteiger partial charge on any atom is 0.199 e. The van der Waals surface area contributed by atoms with Crippen molar-refractivity contribution in [3.8, 4) is 5.75 Å². The summed E-state index contributed by atoms with van der Waals surface area (Å²) in [5, 5.41) is 17.9. The first-order valence-electron chi connectivity index (χ1n) is 5.01. The van der Waals surface area contributed by atoms with Crippen molar-refractivity contribution in [3.63, 3.8) is 0 Å². The zero-order valence-corrected chi connectivity index (χ0v) is 8.81. The molecule has 4 heteroatoms. The third kappa shape index (κ3) is 3.42. The van der Waals surface area contributed by atoms with Gasteiger partial charge in [-0.25, -0.2) is 0 Å².